The Kier molecular flexibility index (Phi) is 2.88. The zero-order valence-electron chi connectivity index (χ0n) is 8.18. The van der Waals surface area contributed by atoms with E-state index in [9.17, 15) is 4.79 Å². The van der Waals surface area contributed by atoms with Gasteiger partial charge < -0.3 is 0 Å². The van der Waals surface area contributed by atoms with Crippen molar-refractivity contribution in [3.05, 3.63) is 54.4 Å². The van der Waals surface area contributed by atoms with E-state index in [1.54, 1.807) is 6.20 Å². The second kappa shape index (κ2) is 4.51. The molecule has 1 heterocycles. The first-order valence-electron chi connectivity index (χ1n) is 4.74. The van der Waals surface area contributed by atoms with Crippen LogP contribution in [0.3, 0.4) is 0 Å². The maximum Gasteiger partial charge on any atom is 0.203 e. The highest BCUT2D eigenvalue weighted by Gasteiger charge is 1.98. The van der Waals surface area contributed by atoms with E-state index in [2.05, 4.69) is 4.98 Å². The molecule has 15 heavy (non-hydrogen) atoms. The van der Waals surface area contributed by atoms with E-state index < -0.39 is 0 Å². The minimum absolute atomic E-state index is 0.341. The van der Waals surface area contributed by atoms with Gasteiger partial charge in [0.05, 0.1) is 0 Å². The minimum atomic E-state index is 0.341. The largest absolute Gasteiger partial charge is 0.291 e. The molecule has 0 N–H and O–H groups in total. The molecule has 0 unspecified atom stereocenters. The molecule has 0 fully saturated rings. The number of hydrogen-bond donors (Lipinski definition) is 0. The summed E-state index contributed by atoms with van der Waals surface area (Å²) in [7, 11) is 0. The number of benzene rings is 1. The Hall–Kier alpha value is -1.96. The molecule has 1 radical (unpaired) electrons. The summed E-state index contributed by atoms with van der Waals surface area (Å²) in [5.41, 5.74) is 3.12. The minimum Gasteiger partial charge on any atom is -0.291 e. The number of pyridine rings is 1. The second-order valence-corrected chi connectivity index (χ2v) is 3.26. The zero-order valence-corrected chi connectivity index (χ0v) is 8.18. The lowest BCUT2D eigenvalue weighted by Crippen LogP contribution is -1.86. The van der Waals surface area contributed by atoms with Crippen LogP contribution in [0.1, 0.15) is 5.56 Å². The SMILES string of the molecule is O=[C]Cc1cccc(-c2cccnc2)c1. The van der Waals surface area contributed by atoms with Gasteiger partial charge in [-0.2, -0.15) is 0 Å². The molecule has 73 valence electrons. The van der Waals surface area contributed by atoms with Crippen LogP contribution < -0.4 is 0 Å². The highest BCUT2D eigenvalue weighted by Crippen LogP contribution is 2.18. The quantitative estimate of drug-likeness (QED) is 0.754. The summed E-state index contributed by atoms with van der Waals surface area (Å²) in [6.45, 7) is 0. The molecule has 2 nitrogen and oxygen atoms in total. The molecule has 0 saturated carbocycles. The molecular weight excluding hydrogens is 186 g/mol. The van der Waals surface area contributed by atoms with E-state index >= 15 is 0 Å². The van der Waals surface area contributed by atoms with Gasteiger partial charge in [-0.3, -0.25) is 9.78 Å². The summed E-state index contributed by atoms with van der Waals surface area (Å²) < 4.78 is 0. The van der Waals surface area contributed by atoms with Gasteiger partial charge in [0.15, 0.2) is 0 Å². The zero-order chi connectivity index (χ0) is 10.5. The predicted octanol–water partition coefficient (Wildman–Crippen LogP) is 2.40. The number of carbonyl (C=O) groups excluding carboxylic acids is 1. The number of aromatic nitrogens is 1. The summed E-state index contributed by atoms with van der Waals surface area (Å²) in [6.07, 6.45) is 5.79. The van der Waals surface area contributed by atoms with Crippen molar-refractivity contribution in [2.45, 2.75) is 6.42 Å². The molecule has 0 aliphatic rings. The van der Waals surface area contributed by atoms with Gasteiger partial charge in [0, 0.05) is 18.8 Å². The molecule has 0 saturated heterocycles. The van der Waals surface area contributed by atoms with Gasteiger partial charge in [-0.05, 0) is 22.8 Å². The van der Waals surface area contributed by atoms with Crippen LogP contribution in [-0.2, 0) is 11.2 Å². The normalized spacial score (nSPS) is 9.87. The van der Waals surface area contributed by atoms with Crippen LogP contribution in [0.5, 0.6) is 0 Å². The summed E-state index contributed by atoms with van der Waals surface area (Å²) in [5, 5.41) is 0. The third kappa shape index (κ3) is 2.29. The molecule has 2 aromatic rings. The van der Waals surface area contributed by atoms with Gasteiger partial charge in [-0.15, -0.1) is 0 Å². The Morgan fingerprint density at radius 1 is 1.13 bits per heavy atom. The van der Waals surface area contributed by atoms with Crippen molar-refractivity contribution >= 4 is 6.29 Å². The molecule has 1 aromatic carbocycles. The average molecular weight is 196 g/mol. The number of hydrogen-bond acceptors (Lipinski definition) is 2. The fraction of sp³-hybridized carbons (Fsp3) is 0.0769. The molecule has 0 atom stereocenters. The monoisotopic (exact) mass is 196 g/mol. The van der Waals surface area contributed by atoms with Crippen molar-refractivity contribution in [2.75, 3.05) is 0 Å². The molecule has 0 bridgehead atoms. The number of nitrogens with zero attached hydrogens (tertiary/aromatic N) is 1. The number of rotatable bonds is 3. The van der Waals surface area contributed by atoms with Crippen molar-refractivity contribution in [3.63, 3.8) is 0 Å². The molecule has 2 rings (SSSR count). The van der Waals surface area contributed by atoms with Crippen molar-refractivity contribution in [3.8, 4) is 11.1 Å². The molecule has 0 aliphatic carbocycles. The predicted molar refractivity (Wildman–Crippen MR) is 59.1 cm³/mol. The first kappa shape index (κ1) is 9.59. The van der Waals surface area contributed by atoms with E-state index in [0.717, 1.165) is 16.7 Å². The third-order valence-corrected chi connectivity index (χ3v) is 2.20. The van der Waals surface area contributed by atoms with E-state index in [1.807, 2.05) is 48.9 Å². The first-order valence-corrected chi connectivity index (χ1v) is 4.74. The van der Waals surface area contributed by atoms with Crippen LogP contribution in [0.2, 0.25) is 0 Å². The first-order chi connectivity index (χ1) is 7.40. The Morgan fingerprint density at radius 3 is 2.73 bits per heavy atom. The molecule has 0 amide bonds. The topological polar surface area (TPSA) is 30.0 Å². The lowest BCUT2D eigenvalue weighted by Gasteiger charge is -2.02. The molecule has 0 spiro atoms. The van der Waals surface area contributed by atoms with Crippen LogP contribution in [0.15, 0.2) is 48.8 Å². The average Bonchev–Trinajstić information content (AvgIpc) is 2.31. The Labute approximate surface area is 88.6 Å². The maximum atomic E-state index is 10.3. The van der Waals surface area contributed by atoms with Crippen molar-refractivity contribution in [1.82, 2.24) is 4.98 Å². The van der Waals surface area contributed by atoms with Gasteiger partial charge in [-0.1, -0.05) is 30.3 Å². The maximum absolute atomic E-state index is 10.3. The van der Waals surface area contributed by atoms with Crippen LogP contribution in [0.4, 0.5) is 0 Å². The molecule has 2 heteroatoms. The van der Waals surface area contributed by atoms with Crippen LogP contribution in [0.25, 0.3) is 11.1 Å². The van der Waals surface area contributed by atoms with E-state index in [-0.39, 0.29) is 0 Å². The summed E-state index contributed by atoms with van der Waals surface area (Å²) in [4.78, 5) is 14.3. The summed E-state index contributed by atoms with van der Waals surface area (Å²) >= 11 is 0. The molecule has 0 aliphatic heterocycles. The highest BCUT2D eigenvalue weighted by molar-refractivity contribution is 5.65. The van der Waals surface area contributed by atoms with Crippen molar-refractivity contribution in [1.29, 1.82) is 0 Å². The van der Waals surface area contributed by atoms with Crippen LogP contribution in [0, 0.1) is 0 Å². The molecule has 1 aromatic heterocycles. The van der Waals surface area contributed by atoms with Crippen LogP contribution >= 0.6 is 0 Å². The lowest BCUT2D eigenvalue weighted by atomic mass is 10.0. The van der Waals surface area contributed by atoms with Gasteiger partial charge >= 0.3 is 0 Å². The van der Waals surface area contributed by atoms with Crippen molar-refractivity contribution < 1.29 is 4.79 Å². The smallest absolute Gasteiger partial charge is 0.203 e. The fourth-order valence-corrected chi connectivity index (χ4v) is 1.48. The summed E-state index contributed by atoms with van der Waals surface area (Å²) in [6, 6.07) is 11.7. The standard InChI is InChI=1S/C13H10NO/c15-8-6-11-3-1-4-12(9-11)13-5-2-7-14-10-13/h1-5,7,9-10H,6H2. The van der Waals surface area contributed by atoms with Gasteiger partial charge in [0.2, 0.25) is 6.29 Å². The summed E-state index contributed by atoms with van der Waals surface area (Å²) in [5.74, 6) is 0. The lowest BCUT2D eigenvalue weighted by molar-refractivity contribution is 0.555. The fourth-order valence-electron chi connectivity index (χ4n) is 1.48. The van der Waals surface area contributed by atoms with E-state index in [0.29, 0.717) is 6.42 Å². The Morgan fingerprint density at radius 2 is 2.00 bits per heavy atom. The molecular formula is C13H10NO. The van der Waals surface area contributed by atoms with E-state index in [4.69, 9.17) is 0 Å². The van der Waals surface area contributed by atoms with Crippen molar-refractivity contribution in [2.24, 2.45) is 0 Å². The highest BCUT2D eigenvalue weighted by atomic mass is 16.1. The third-order valence-electron chi connectivity index (χ3n) is 2.20. The Bertz CT molecular complexity index is 451. The Balaban J connectivity index is 2.37. The van der Waals surface area contributed by atoms with Crippen LogP contribution in [-0.4, -0.2) is 11.3 Å². The van der Waals surface area contributed by atoms with E-state index in [1.165, 1.54) is 0 Å². The van der Waals surface area contributed by atoms with Gasteiger partial charge in [0.1, 0.15) is 0 Å². The van der Waals surface area contributed by atoms with Gasteiger partial charge in [0.25, 0.3) is 0 Å². The second-order valence-electron chi connectivity index (χ2n) is 3.26. The van der Waals surface area contributed by atoms with Gasteiger partial charge in [-0.25, -0.2) is 0 Å².